The molecule has 1 heterocycles. The van der Waals surface area contributed by atoms with Gasteiger partial charge >= 0.3 is 0 Å². The van der Waals surface area contributed by atoms with Crippen LogP contribution in [0.15, 0.2) is 6.07 Å². The van der Waals surface area contributed by atoms with Gasteiger partial charge in [0.05, 0.1) is 5.75 Å². The molecule has 0 aromatic carbocycles. The molecule has 1 atom stereocenters. The number of hydrogen-bond acceptors (Lipinski definition) is 3. The van der Waals surface area contributed by atoms with Gasteiger partial charge in [0.1, 0.15) is 0 Å². The fourth-order valence-electron chi connectivity index (χ4n) is 2.59. The predicted molar refractivity (Wildman–Crippen MR) is 76.1 cm³/mol. The molecular weight excluding hydrogens is 266 g/mol. The maximum absolute atomic E-state index is 11.1. The Bertz CT molecular complexity index is 538. The van der Waals surface area contributed by atoms with E-state index in [-0.39, 0.29) is 5.75 Å². The highest BCUT2D eigenvalue weighted by Crippen LogP contribution is 2.40. The van der Waals surface area contributed by atoms with Gasteiger partial charge in [-0.15, -0.1) is 11.3 Å². The van der Waals surface area contributed by atoms with Crippen LogP contribution in [0.25, 0.3) is 0 Å². The first-order valence-corrected chi connectivity index (χ1v) is 8.79. The summed E-state index contributed by atoms with van der Waals surface area (Å²) >= 11 is 1.62. The number of nitrogens with two attached hydrogens (primary N) is 1. The first kappa shape index (κ1) is 14.0. The van der Waals surface area contributed by atoms with Gasteiger partial charge in [0, 0.05) is 9.75 Å². The van der Waals surface area contributed by atoms with Crippen molar-refractivity contribution >= 4 is 21.4 Å². The maximum Gasteiger partial charge on any atom is 0.214 e. The number of primary sulfonamides is 1. The molecule has 1 aliphatic rings. The molecule has 18 heavy (non-hydrogen) atoms. The molecule has 3 nitrogen and oxygen atoms in total. The first-order valence-electron chi connectivity index (χ1n) is 6.26. The number of fused-ring (bicyclic) bond motifs is 1. The molecule has 0 radical (unpaired) electrons. The summed E-state index contributed by atoms with van der Waals surface area (Å²) in [5, 5.41) is 5.10. The van der Waals surface area contributed by atoms with Crippen LogP contribution in [0.2, 0.25) is 0 Å². The van der Waals surface area contributed by atoms with E-state index in [2.05, 4.69) is 20.8 Å². The Kier molecular flexibility index (Phi) is 3.60. The predicted octanol–water partition coefficient (Wildman–Crippen LogP) is 2.69. The molecule has 0 saturated carbocycles. The van der Waals surface area contributed by atoms with Crippen LogP contribution in [0.3, 0.4) is 0 Å². The van der Waals surface area contributed by atoms with E-state index in [0.717, 1.165) is 17.7 Å². The van der Waals surface area contributed by atoms with Gasteiger partial charge in [0.2, 0.25) is 10.0 Å². The normalized spacial score (nSPS) is 20.8. The lowest BCUT2D eigenvalue weighted by molar-refractivity contribution is 0.217. The minimum absolute atomic E-state index is 0.0230. The highest BCUT2D eigenvalue weighted by atomic mass is 32.2. The van der Waals surface area contributed by atoms with Crippen molar-refractivity contribution in [2.75, 3.05) is 0 Å². The zero-order valence-electron chi connectivity index (χ0n) is 11.2. The largest absolute Gasteiger partial charge is 0.228 e. The molecule has 0 amide bonds. The maximum atomic E-state index is 11.1. The lowest BCUT2D eigenvalue weighted by Crippen LogP contribution is -2.26. The van der Waals surface area contributed by atoms with Crippen LogP contribution in [0.4, 0.5) is 0 Å². The third-order valence-corrected chi connectivity index (χ3v) is 5.84. The summed E-state index contributed by atoms with van der Waals surface area (Å²) in [6, 6.07) is 2.04. The van der Waals surface area contributed by atoms with E-state index in [1.165, 1.54) is 16.9 Å². The van der Waals surface area contributed by atoms with Crippen molar-refractivity contribution in [2.24, 2.45) is 16.5 Å². The monoisotopic (exact) mass is 287 g/mol. The molecule has 0 spiro atoms. The van der Waals surface area contributed by atoms with Crippen LogP contribution in [0.1, 0.15) is 42.5 Å². The van der Waals surface area contributed by atoms with Crippen molar-refractivity contribution in [3.8, 4) is 0 Å². The molecule has 0 saturated heterocycles. The van der Waals surface area contributed by atoms with Gasteiger partial charge < -0.3 is 0 Å². The molecule has 1 aliphatic carbocycles. The number of aryl methyl sites for hydroxylation is 1. The van der Waals surface area contributed by atoms with Crippen molar-refractivity contribution in [3.63, 3.8) is 0 Å². The van der Waals surface area contributed by atoms with E-state index in [1.54, 1.807) is 11.3 Å². The molecule has 0 bridgehead atoms. The van der Waals surface area contributed by atoms with Crippen molar-refractivity contribution < 1.29 is 8.42 Å². The Hall–Kier alpha value is -0.390. The van der Waals surface area contributed by atoms with E-state index in [4.69, 9.17) is 5.14 Å². The van der Waals surface area contributed by atoms with E-state index >= 15 is 0 Å². The van der Waals surface area contributed by atoms with Crippen molar-refractivity contribution in [1.29, 1.82) is 0 Å². The molecule has 1 aromatic rings. The quantitative estimate of drug-likeness (QED) is 0.909. The number of hydrogen-bond donors (Lipinski definition) is 1. The number of rotatable bonds is 2. The summed E-state index contributed by atoms with van der Waals surface area (Å²) in [5.74, 6) is 0.659. The molecule has 5 heteroatoms. The average Bonchev–Trinajstić information content (AvgIpc) is 2.53. The van der Waals surface area contributed by atoms with Gasteiger partial charge in [-0.3, -0.25) is 0 Å². The Morgan fingerprint density at radius 3 is 2.67 bits per heavy atom. The lowest BCUT2D eigenvalue weighted by atomic mass is 9.72. The van der Waals surface area contributed by atoms with E-state index in [1.807, 2.05) is 6.07 Å². The highest BCUT2D eigenvalue weighted by Gasteiger charge is 2.29. The second-order valence-corrected chi connectivity index (χ2v) is 9.11. The Morgan fingerprint density at radius 2 is 2.11 bits per heavy atom. The fourth-order valence-corrected chi connectivity index (χ4v) is 4.81. The van der Waals surface area contributed by atoms with Crippen LogP contribution < -0.4 is 5.14 Å². The zero-order valence-corrected chi connectivity index (χ0v) is 12.8. The van der Waals surface area contributed by atoms with Gasteiger partial charge in [-0.2, -0.15) is 0 Å². The van der Waals surface area contributed by atoms with Gasteiger partial charge in [0.15, 0.2) is 0 Å². The second-order valence-electron chi connectivity index (χ2n) is 6.27. The first-order chi connectivity index (χ1) is 8.15. The molecule has 2 rings (SSSR count). The van der Waals surface area contributed by atoms with Crippen molar-refractivity contribution in [2.45, 2.75) is 45.8 Å². The smallest absolute Gasteiger partial charge is 0.214 e. The van der Waals surface area contributed by atoms with Crippen LogP contribution in [-0.4, -0.2) is 8.42 Å². The summed E-state index contributed by atoms with van der Waals surface area (Å²) < 4.78 is 22.2. The lowest BCUT2D eigenvalue weighted by Gasteiger charge is -2.33. The molecule has 1 unspecified atom stereocenters. The van der Waals surface area contributed by atoms with Crippen LogP contribution in [0.5, 0.6) is 0 Å². The highest BCUT2D eigenvalue weighted by molar-refractivity contribution is 7.88. The van der Waals surface area contributed by atoms with Gasteiger partial charge in [-0.25, -0.2) is 13.6 Å². The minimum Gasteiger partial charge on any atom is -0.228 e. The SMILES string of the molecule is CC(C)(C)C1CCc2sc(CS(N)(=O)=O)cc2C1. The standard InChI is InChI=1S/C13H21NO2S2/c1-13(2,3)10-4-5-12-9(6-10)7-11(17-12)8-18(14,15)16/h7,10H,4-6,8H2,1-3H3,(H2,14,15,16). The summed E-state index contributed by atoms with van der Waals surface area (Å²) in [4.78, 5) is 2.24. The average molecular weight is 287 g/mol. The third-order valence-electron chi connectivity index (χ3n) is 3.70. The fraction of sp³-hybridized carbons (Fsp3) is 0.692. The summed E-state index contributed by atoms with van der Waals surface area (Å²) in [6.45, 7) is 6.83. The van der Waals surface area contributed by atoms with Gasteiger partial charge in [-0.1, -0.05) is 20.8 Å². The summed E-state index contributed by atoms with van der Waals surface area (Å²) in [6.07, 6.45) is 3.35. The third kappa shape index (κ3) is 3.33. The van der Waals surface area contributed by atoms with E-state index in [9.17, 15) is 8.42 Å². The Labute approximate surface area is 113 Å². The molecule has 102 valence electrons. The second kappa shape index (κ2) is 4.62. The zero-order chi connectivity index (χ0) is 13.6. The van der Waals surface area contributed by atoms with Crippen LogP contribution in [-0.2, 0) is 28.6 Å². The molecule has 2 N–H and O–H groups in total. The van der Waals surface area contributed by atoms with Crippen LogP contribution in [0, 0.1) is 11.3 Å². The Balaban J connectivity index is 2.19. The van der Waals surface area contributed by atoms with Gasteiger partial charge in [-0.05, 0) is 42.2 Å². The summed E-state index contributed by atoms with van der Waals surface area (Å²) in [5.41, 5.74) is 1.66. The van der Waals surface area contributed by atoms with Gasteiger partial charge in [0.25, 0.3) is 0 Å². The number of sulfonamides is 1. The minimum atomic E-state index is -3.41. The molecule has 0 aliphatic heterocycles. The van der Waals surface area contributed by atoms with Crippen LogP contribution >= 0.6 is 11.3 Å². The molecule has 0 fully saturated rings. The molecular formula is C13H21NO2S2. The van der Waals surface area contributed by atoms with E-state index < -0.39 is 10.0 Å². The Morgan fingerprint density at radius 1 is 1.44 bits per heavy atom. The summed E-state index contributed by atoms with van der Waals surface area (Å²) in [7, 11) is -3.41. The number of thiophene rings is 1. The van der Waals surface area contributed by atoms with Crippen molar-refractivity contribution in [1.82, 2.24) is 0 Å². The van der Waals surface area contributed by atoms with E-state index in [0.29, 0.717) is 11.3 Å². The molecule has 1 aromatic heterocycles. The van der Waals surface area contributed by atoms with Crippen molar-refractivity contribution in [3.05, 3.63) is 21.4 Å². The topological polar surface area (TPSA) is 60.2 Å².